The van der Waals surface area contributed by atoms with E-state index >= 15 is 0 Å². The summed E-state index contributed by atoms with van der Waals surface area (Å²) in [7, 11) is 0. The van der Waals surface area contributed by atoms with Gasteiger partial charge in [-0.3, -0.25) is 4.79 Å². The van der Waals surface area contributed by atoms with Crippen LogP contribution in [-0.2, 0) is 4.79 Å². The molecule has 0 radical (unpaired) electrons. The summed E-state index contributed by atoms with van der Waals surface area (Å²) in [6, 6.07) is 7.63. The number of amides is 1. The van der Waals surface area contributed by atoms with Crippen molar-refractivity contribution in [3.05, 3.63) is 34.7 Å². The van der Waals surface area contributed by atoms with E-state index in [1.54, 1.807) is 0 Å². The average molecular weight is 279 g/mol. The summed E-state index contributed by atoms with van der Waals surface area (Å²) in [6.45, 7) is 3.95. The fourth-order valence-corrected chi connectivity index (χ4v) is 2.57. The molecule has 18 heavy (non-hydrogen) atoms. The highest BCUT2D eigenvalue weighted by atomic mass is 32.2. The SMILES string of the molecule is CC(C)Oc1cccc(/C=C2/SC(=S)NC2=O)c1. The quantitative estimate of drug-likeness (QED) is 0.682. The van der Waals surface area contributed by atoms with Gasteiger partial charge in [0.2, 0.25) is 0 Å². The van der Waals surface area contributed by atoms with E-state index in [2.05, 4.69) is 5.32 Å². The highest BCUT2D eigenvalue weighted by Crippen LogP contribution is 2.26. The maximum Gasteiger partial charge on any atom is 0.263 e. The minimum absolute atomic E-state index is 0.129. The number of thioether (sulfide) groups is 1. The Morgan fingerprint density at radius 2 is 2.22 bits per heavy atom. The second-order valence-electron chi connectivity index (χ2n) is 4.09. The first-order chi connectivity index (χ1) is 8.54. The van der Waals surface area contributed by atoms with Gasteiger partial charge < -0.3 is 10.1 Å². The van der Waals surface area contributed by atoms with Gasteiger partial charge in [-0.25, -0.2) is 0 Å². The predicted octanol–water partition coefficient (Wildman–Crippen LogP) is 2.96. The van der Waals surface area contributed by atoms with Crippen LogP contribution in [0.15, 0.2) is 29.2 Å². The lowest BCUT2D eigenvalue weighted by molar-refractivity contribution is -0.115. The minimum Gasteiger partial charge on any atom is -0.491 e. The van der Waals surface area contributed by atoms with Crippen molar-refractivity contribution in [2.24, 2.45) is 0 Å². The molecule has 1 fully saturated rings. The van der Waals surface area contributed by atoms with Crippen LogP contribution in [0.1, 0.15) is 19.4 Å². The van der Waals surface area contributed by atoms with Crippen LogP contribution >= 0.6 is 24.0 Å². The molecule has 1 aromatic rings. The van der Waals surface area contributed by atoms with Crippen LogP contribution in [0.3, 0.4) is 0 Å². The minimum atomic E-state index is -0.139. The van der Waals surface area contributed by atoms with Crippen LogP contribution in [0.4, 0.5) is 0 Å². The van der Waals surface area contributed by atoms with Gasteiger partial charge >= 0.3 is 0 Å². The van der Waals surface area contributed by atoms with Crippen molar-refractivity contribution in [2.45, 2.75) is 20.0 Å². The first kappa shape index (κ1) is 13.1. The normalized spacial score (nSPS) is 17.4. The van der Waals surface area contributed by atoms with E-state index in [1.165, 1.54) is 11.8 Å². The number of carbonyl (C=O) groups excluding carboxylic acids is 1. The average Bonchev–Trinajstić information content (AvgIpc) is 2.57. The molecule has 1 heterocycles. The maximum atomic E-state index is 11.5. The first-order valence-electron chi connectivity index (χ1n) is 5.56. The van der Waals surface area contributed by atoms with Crippen molar-refractivity contribution >= 4 is 40.3 Å². The smallest absolute Gasteiger partial charge is 0.263 e. The van der Waals surface area contributed by atoms with Crippen molar-refractivity contribution in [1.29, 1.82) is 0 Å². The van der Waals surface area contributed by atoms with E-state index in [1.807, 2.05) is 44.2 Å². The Bertz CT molecular complexity index is 523. The molecule has 94 valence electrons. The summed E-state index contributed by atoms with van der Waals surface area (Å²) >= 11 is 6.22. The summed E-state index contributed by atoms with van der Waals surface area (Å²) in [4.78, 5) is 12.1. The monoisotopic (exact) mass is 279 g/mol. The number of benzene rings is 1. The van der Waals surface area contributed by atoms with Crippen LogP contribution in [0.2, 0.25) is 0 Å². The fourth-order valence-electron chi connectivity index (χ4n) is 1.52. The summed E-state index contributed by atoms with van der Waals surface area (Å²) in [6.07, 6.45) is 1.94. The van der Waals surface area contributed by atoms with Gasteiger partial charge in [0, 0.05) is 0 Å². The van der Waals surface area contributed by atoms with E-state index in [0.717, 1.165) is 11.3 Å². The van der Waals surface area contributed by atoms with Gasteiger partial charge in [0.05, 0.1) is 11.0 Å². The molecule has 0 bridgehead atoms. The Kier molecular flexibility index (Phi) is 4.04. The van der Waals surface area contributed by atoms with Crippen molar-refractivity contribution < 1.29 is 9.53 Å². The summed E-state index contributed by atoms with van der Waals surface area (Å²) in [5, 5.41) is 2.59. The number of hydrogen-bond acceptors (Lipinski definition) is 4. The molecule has 0 aromatic heterocycles. The van der Waals surface area contributed by atoms with Gasteiger partial charge in [-0.2, -0.15) is 0 Å². The maximum absolute atomic E-state index is 11.5. The van der Waals surface area contributed by atoms with Crippen molar-refractivity contribution in [2.75, 3.05) is 0 Å². The highest BCUT2D eigenvalue weighted by molar-refractivity contribution is 8.26. The molecule has 0 unspecified atom stereocenters. The Morgan fingerprint density at radius 3 is 2.83 bits per heavy atom. The molecule has 1 aliphatic rings. The van der Waals surface area contributed by atoms with Crippen LogP contribution in [-0.4, -0.2) is 16.3 Å². The molecule has 5 heteroatoms. The van der Waals surface area contributed by atoms with Crippen molar-refractivity contribution in [3.63, 3.8) is 0 Å². The number of carbonyl (C=O) groups is 1. The molecular weight excluding hydrogens is 266 g/mol. The molecule has 0 aliphatic carbocycles. The molecule has 1 aliphatic heterocycles. The van der Waals surface area contributed by atoms with Crippen LogP contribution in [0.25, 0.3) is 6.08 Å². The molecule has 2 rings (SSSR count). The van der Waals surface area contributed by atoms with Gasteiger partial charge in [-0.05, 0) is 37.6 Å². The summed E-state index contributed by atoms with van der Waals surface area (Å²) in [5.41, 5.74) is 0.926. The Balaban J connectivity index is 2.21. The zero-order valence-corrected chi connectivity index (χ0v) is 11.7. The number of rotatable bonds is 3. The van der Waals surface area contributed by atoms with Crippen molar-refractivity contribution in [3.8, 4) is 5.75 Å². The molecule has 1 aromatic carbocycles. The summed E-state index contributed by atoms with van der Waals surface area (Å²) in [5.74, 6) is 0.658. The number of nitrogens with one attached hydrogen (secondary N) is 1. The van der Waals surface area contributed by atoms with Crippen LogP contribution in [0.5, 0.6) is 5.75 Å². The standard InChI is InChI=1S/C13H13NO2S2/c1-8(2)16-10-5-3-4-9(6-10)7-11-12(15)14-13(17)18-11/h3-8H,1-2H3,(H,14,15,17)/b11-7+. The molecule has 1 amide bonds. The van der Waals surface area contributed by atoms with Gasteiger partial charge in [0.1, 0.15) is 10.1 Å². The van der Waals surface area contributed by atoms with E-state index in [-0.39, 0.29) is 12.0 Å². The molecular formula is C13H13NO2S2. The van der Waals surface area contributed by atoms with E-state index in [4.69, 9.17) is 17.0 Å². The van der Waals surface area contributed by atoms with E-state index < -0.39 is 0 Å². The molecule has 1 N–H and O–H groups in total. The van der Waals surface area contributed by atoms with E-state index in [0.29, 0.717) is 9.23 Å². The van der Waals surface area contributed by atoms with Gasteiger partial charge in [-0.1, -0.05) is 36.1 Å². The van der Waals surface area contributed by atoms with Crippen LogP contribution in [0, 0.1) is 0 Å². The molecule has 1 saturated heterocycles. The third-order valence-corrected chi connectivity index (χ3v) is 3.33. The lowest BCUT2D eigenvalue weighted by Crippen LogP contribution is -2.17. The first-order valence-corrected chi connectivity index (χ1v) is 6.78. The summed E-state index contributed by atoms with van der Waals surface area (Å²) < 4.78 is 6.11. The molecule has 0 spiro atoms. The van der Waals surface area contributed by atoms with Gasteiger partial charge in [0.25, 0.3) is 5.91 Å². The Labute approximate surface area is 116 Å². The van der Waals surface area contributed by atoms with E-state index in [9.17, 15) is 4.79 Å². The highest BCUT2D eigenvalue weighted by Gasteiger charge is 2.21. The largest absolute Gasteiger partial charge is 0.491 e. The molecule has 0 saturated carbocycles. The molecule has 0 atom stereocenters. The third-order valence-electron chi connectivity index (χ3n) is 2.17. The Morgan fingerprint density at radius 1 is 1.44 bits per heavy atom. The van der Waals surface area contributed by atoms with Gasteiger partial charge in [-0.15, -0.1) is 0 Å². The third kappa shape index (κ3) is 3.34. The lowest BCUT2D eigenvalue weighted by atomic mass is 10.2. The Hall–Kier alpha value is -1.33. The van der Waals surface area contributed by atoms with Crippen LogP contribution < -0.4 is 10.1 Å². The van der Waals surface area contributed by atoms with Crippen molar-refractivity contribution in [1.82, 2.24) is 5.32 Å². The zero-order chi connectivity index (χ0) is 13.1. The lowest BCUT2D eigenvalue weighted by Gasteiger charge is -2.09. The number of hydrogen-bond donors (Lipinski definition) is 1. The fraction of sp³-hybridized carbons (Fsp3) is 0.231. The molecule has 3 nitrogen and oxygen atoms in total. The topological polar surface area (TPSA) is 38.3 Å². The number of thiocarbonyl (C=S) groups is 1. The second kappa shape index (κ2) is 5.54. The predicted molar refractivity (Wildman–Crippen MR) is 78.5 cm³/mol. The zero-order valence-electron chi connectivity index (χ0n) is 10.1. The number of ether oxygens (including phenoxy) is 1. The van der Waals surface area contributed by atoms with Gasteiger partial charge in [0.15, 0.2) is 0 Å². The second-order valence-corrected chi connectivity index (χ2v) is 5.81.